The predicted molar refractivity (Wildman–Crippen MR) is 96.7 cm³/mol. The largest absolute Gasteiger partial charge is 0.481 e. The van der Waals surface area contributed by atoms with Gasteiger partial charge in [-0.3, -0.25) is 4.79 Å². The van der Waals surface area contributed by atoms with Crippen molar-refractivity contribution in [2.24, 2.45) is 5.41 Å². The van der Waals surface area contributed by atoms with Gasteiger partial charge in [0.05, 0.1) is 10.4 Å². The molecule has 0 saturated carbocycles. The van der Waals surface area contributed by atoms with Gasteiger partial charge >= 0.3 is 12.0 Å². The van der Waals surface area contributed by atoms with Crippen LogP contribution in [0.4, 0.5) is 10.5 Å². The van der Waals surface area contributed by atoms with E-state index in [1.807, 2.05) is 0 Å². The Bertz CT molecular complexity index is 845. The van der Waals surface area contributed by atoms with Crippen molar-refractivity contribution in [1.82, 2.24) is 9.88 Å². The Morgan fingerprint density at radius 3 is 2.81 bits per heavy atom. The molecule has 7 nitrogen and oxygen atoms in total. The molecular formula is C18H18ClN3O4. The second kappa shape index (κ2) is 7.21. The minimum Gasteiger partial charge on any atom is -0.481 e. The zero-order valence-electron chi connectivity index (χ0n) is 14.1. The molecule has 1 aliphatic heterocycles. The van der Waals surface area contributed by atoms with Crippen LogP contribution >= 0.6 is 11.6 Å². The lowest BCUT2D eigenvalue weighted by Crippen LogP contribution is -2.37. The number of para-hydroxylation sites is 1. The number of aromatic nitrogens is 1. The smallest absolute Gasteiger partial charge is 0.321 e. The van der Waals surface area contributed by atoms with E-state index in [4.69, 9.17) is 16.3 Å². The van der Waals surface area contributed by atoms with Crippen LogP contribution in [-0.4, -0.2) is 40.1 Å². The number of likely N-dealkylation sites (tertiary alicyclic amines) is 1. The van der Waals surface area contributed by atoms with E-state index in [0.717, 1.165) is 0 Å². The van der Waals surface area contributed by atoms with Gasteiger partial charge in [0.25, 0.3) is 0 Å². The molecule has 1 aliphatic rings. The van der Waals surface area contributed by atoms with Crippen molar-refractivity contribution < 1.29 is 19.4 Å². The average Bonchev–Trinajstić information content (AvgIpc) is 3.01. The van der Waals surface area contributed by atoms with Crippen LogP contribution in [0.2, 0.25) is 5.02 Å². The molecule has 1 unspecified atom stereocenters. The summed E-state index contributed by atoms with van der Waals surface area (Å²) in [5.74, 6) is -0.151. The van der Waals surface area contributed by atoms with Gasteiger partial charge in [-0.1, -0.05) is 23.7 Å². The third-order valence-corrected chi connectivity index (χ3v) is 4.63. The van der Waals surface area contributed by atoms with Crippen LogP contribution in [-0.2, 0) is 4.79 Å². The molecular weight excluding hydrogens is 358 g/mol. The second-order valence-corrected chi connectivity index (χ2v) is 6.79. The standard InChI is InChI=1S/C18H18ClN3O4/c1-18(16(23)24)7-9-22(11-18)17(25)21-12-6-8-20-15(10-12)26-14-5-3-2-4-13(14)19/h2-6,8,10H,7,9,11H2,1H3,(H,23,24)(H,20,21,25). The molecule has 1 aromatic heterocycles. The van der Waals surface area contributed by atoms with Gasteiger partial charge in [-0.2, -0.15) is 0 Å². The minimum absolute atomic E-state index is 0.169. The highest BCUT2D eigenvalue weighted by Gasteiger charge is 2.42. The van der Waals surface area contributed by atoms with E-state index < -0.39 is 11.4 Å². The quantitative estimate of drug-likeness (QED) is 0.846. The van der Waals surface area contributed by atoms with Gasteiger partial charge in [0, 0.05) is 31.0 Å². The van der Waals surface area contributed by atoms with Crippen molar-refractivity contribution in [3.63, 3.8) is 0 Å². The molecule has 136 valence electrons. The SMILES string of the molecule is CC1(C(=O)O)CCN(C(=O)Nc2ccnc(Oc3ccccc3Cl)c2)C1. The Morgan fingerprint density at radius 1 is 1.35 bits per heavy atom. The first-order valence-corrected chi connectivity index (χ1v) is 8.43. The predicted octanol–water partition coefficient (Wildman–Crippen LogP) is 3.86. The summed E-state index contributed by atoms with van der Waals surface area (Å²) in [7, 11) is 0. The van der Waals surface area contributed by atoms with E-state index in [2.05, 4.69) is 10.3 Å². The Hall–Kier alpha value is -2.80. The molecule has 2 heterocycles. The molecule has 0 aliphatic carbocycles. The molecule has 0 spiro atoms. The van der Waals surface area contributed by atoms with Crippen LogP contribution in [0.3, 0.4) is 0 Å². The highest BCUT2D eigenvalue weighted by molar-refractivity contribution is 6.32. The van der Waals surface area contributed by atoms with Crippen molar-refractivity contribution >= 4 is 29.3 Å². The molecule has 1 aromatic carbocycles. The molecule has 0 radical (unpaired) electrons. The van der Waals surface area contributed by atoms with Crippen LogP contribution in [0.15, 0.2) is 42.6 Å². The molecule has 2 aromatic rings. The fraction of sp³-hybridized carbons (Fsp3) is 0.278. The number of urea groups is 1. The van der Waals surface area contributed by atoms with E-state index in [-0.39, 0.29) is 18.5 Å². The number of benzene rings is 1. The zero-order chi connectivity index (χ0) is 18.7. The molecule has 8 heteroatoms. The third-order valence-electron chi connectivity index (χ3n) is 4.31. The normalized spacial score (nSPS) is 19.2. The Labute approximate surface area is 155 Å². The van der Waals surface area contributed by atoms with E-state index in [1.54, 1.807) is 43.3 Å². The minimum atomic E-state index is -0.909. The lowest BCUT2D eigenvalue weighted by atomic mass is 9.90. The Kier molecular flexibility index (Phi) is 4.99. The van der Waals surface area contributed by atoms with E-state index in [0.29, 0.717) is 29.4 Å². The van der Waals surface area contributed by atoms with Gasteiger partial charge in [-0.05, 0) is 31.5 Å². The number of hydrogen-bond donors (Lipinski definition) is 2. The monoisotopic (exact) mass is 375 g/mol. The maximum absolute atomic E-state index is 12.4. The summed E-state index contributed by atoms with van der Waals surface area (Å²) in [5, 5.41) is 12.5. The molecule has 26 heavy (non-hydrogen) atoms. The molecule has 0 bridgehead atoms. The van der Waals surface area contributed by atoms with E-state index in [1.165, 1.54) is 11.1 Å². The van der Waals surface area contributed by atoms with Crippen LogP contribution in [0.25, 0.3) is 0 Å². The summed E-state index contributed by atoms with van der Waals surface area (Å²) < 4.78 is 5.64. The maximum Gasteiger partial charge on any atom is 0.321 e. The number of carboxylic acids is 1. The van der Waals surface area contributed by atoms with Crippen molar-refractivity contribution in [3.8, 4) is 11.6 Å². The number of nitrogens with zero attached hydrogens (tertiary/aromatic N) is 2. The summed E-state index contributed by atoms with van der Waals surface area (Å²) in [6.45, 7) is 2.20. The topological polar surface area (TPSA) is 91.8 Å². The van der Waals surface area contributed by atoms with Crippen LogP contribution < -0.4 is 10.1 Å². The fourth-order valence-corrected chi connectivity index (χ4v) is 2.87. The molecule has 1 fully saturated rings. The molecule has 2 N–H and O–H groups in total. The van der Waals surface area contributed by atoms with Gasteiger partial charge in [-0.25, -0.2) is 9.78 Å². The van der Waals surface area contributed by atoms with E-state index in [9.17, 15) is 14.7 Å². The number of ether oxygens (including phenoxy) is 1. The third kappa shape index (κ3) is 3.88. The molecule has 1 saturated heterocycles. The number of rotatable bonds is 4. The molecule has 1 atom stereocenters. The highest BCUT2D eigenvalue weighted by Crippen LogP contribution is 2.31. The first kappa shape index (κ1) is 18.0. The van der Waals surface area contributed by atoms with E-state index >= 15 is 0 Å². The highest BCUT2D eigenvalue weighted by atomic mass is 35.5. The number of carbonyl (C=O) groups is 2. The first-order chi connectivity index (χ1) is 12.4. The number of nitrogens with one attached hydrogen (secondary N) is 1. The summed E-state index contributed by atoms with van der Waals surface area (Å²) >= 11 is 6.06. The van der Waals surface area contributed by atoms with Crippen molar-refractivity contribution in [3.05, 3.63) is 47.6 Å². The lowest BCUT2D eigenvalue weighted by Gasteiger charge is -2.20. The number of carbonyl (C=O) groups excluding carboxylic acids is 1. The fourth-order valence-electron chi connectivity index (χ4n) is 2.69. The maximum atomic E-state index is 12.4. The second-order valence-electron chi connectivity index (χ2n) is 6.38. The Balaban J connectivity index is 1.67. The number of amides is 2. The van der Waals surface area contributed by atoms with Crippen LogP contribution in [0.1, 0.15) is 13.3 Å². The zero-order valence-corrected chi connectivity index (χ0v) is 14.9. The van der Waals surface area contributed by atoms with Crippen LogP contribution in [0, 0.1) is 5.41 Å². The van der Waals surface area contributed by atoms with Gasteiger partial charge in [0.1, 0.15) is 5.75 Å². The van der Waals surface area contributed by atoms with Gasteiger partial charge < -0.3 is 20.1 Å². The summed E-state index contributed by atoms with van der Waals surface area (Å²) in [5.41, 5.74) is -0.413. The summed E-state index contributed by atoms with van der Waals surface area (Å²) in [6, 6.07) is 9.85. The summed E-state index contributed by atoms with van der Waals surface area (Å²) in [4.78, 5) is 29.3. The number of halogens is 1. The number of aliphatic carboxylic acids is 1. The molecule has 2 amide bonds. The van der Waals surface area contributed by atoms with Crippen molar-refractivity contribution in [2.75, 3.05) is 18.4 Å². The van der Waals surface area contributed by atoms with Crippen molar-refractivity contribution in [2.45, 2.75) is 13.3 Å². The number of anilines is 1. The Morgan fingerprint density at radius 2 is 2.12 bits per heavy atom. The molecule has 3 rings (SSSR count). The number of carboxylic acid groups (broad SMARTS) is 1. The lowest BCUT2D eigenvalue weighted by molar-refractivity contribution is -0.146. The van der Waals surface area contributed by atoms with Crippen LogP contribution in [0.5, 0.6) is 11.6 Å². The van der Waals surface area contributed by atoms with Gasteiger partial charge in [0.2, 0.25) is 5.88 Å². The van der Waals surface area contributed by atoms with Gasteiger partial charge in [-0.15, -0.1) is 0 Å². The first-order valence-electron chi connectivity index (χ1n) is 8.05. The number of hydrogen-bond acceptors (Lipinski definition) is 4. The summed E-state index contributed by atoms with van der Waals surface area (Å²) in [6.07, 6.45) is 1.93. The van der Waals surface area contributed by atoms with Crippen molar-refractivity contribution in [1.29, 1.82) is 0 Å². The number of pyridine rings is 1. The average molecular weight is 376 g/mol. The van der Waals surface area contributed by atoms with Gasteiger partial charge in [0.15, 0.2) is 0 Å².